The number of aliphatic hydroxyl groups excluding tert-OH is 1. The first-order valence-corrected chi connectivity index (χ1v) is 2.28. The smallest absolute Gasteiger partial charge is 0.0797 e. The number of hydrogen-bond donors (Lipinski definition) is 2. The lowest BCUT2D eigenvalue weighted by atomic mass is 10.4. The Balaban J connectivity index is 2.75. The van der Waals surface area contributed by atoms with E-state index in [1.807, 2.05) is 0 Å². The monoisotopic (exact) mass is 109 g/mol. The fourth-order valence-electron chi connectivity index (χ4n) is 0.0630. The summed E-state index contributed by atoms with van der Waals surface area (Å²) in [6.45, 7) is 0.253. The molecule has 0 radical (unpaired) electrons. The van der Waals surface area contributed by atoms with E-state index < -0.39 is 6.10 Å². The largest absolute Gasteiger partial charge is 0.391 e. The Hall–Kier alpha value is 0.210. The van der Waals surface area contributed by atoms with Gasteiger partial charge in [0.1, 0.15) is 0 Å². The van der Waals surface area contributed by atoms with Gasteiger partial charge in [-0.05, 0) is 0 Å². The van der Waals surface area contributed by atoms with Crippen molar-refractivity contribution in [1.29, 1.82) is 0 Å². The lowest BCUT2D eigenvalue weighted by Crippen LogP contribution is -2.20. The molecule has 0 saturated heterocycles. The standard InChI is InChI=1S/C3H8ClNO/c4-1-3(6)2-5/h3,6H,1-2,5H2/t3-/m1/s1. The third-order valence-electron chi connectivity index (χ3n) is 0.450. The van der Waals surface area contributed by atoms with E-state index in [-0.39, 0.29) is 12.4 Å². The molecule has 0 fully saturated rings. The SMILES string of the molecule is NC[C@H](O)CCl. The molecule has 3 N–H and O–H groups in total. The zero-order chi connectivity index (χ0) is 4.99. The van der Waals surface area contributed by atoms with E-state index in [0.29, 0.717) is 0 Å². The van der Waals surface area contributed by atoms with Gasteiger partial charge in [0.15, 0.2) is 0 Å². The normalized spacial score (nSPS) is 14.5. The van der Waals surface area contributed by atoms with Gasteiger partial charge in [0, 0.05) is 12.4 Å². The average molecular weight is 110 g/mol. The highest BCUT2D eigenvalue weighted by Gasteiger charge is 1.92. The molecule has 0 rings (SSSR count). The van der Waals surface area contributed by atoms with Gasteiger partial charge in [-0.3, -0.25) is 0 Å². The molecule has 0 saturated carbocycles. The molecule has 0 amide bonds. The van der Waals surface area contributed by atoms with E-state index in [1.165, 1.54) is 0 Å². The van der Waals surface area contributed by atoms with Gasteiger partial charge >= 0.3 is 0 Å². The molecule has 2 nitrogen and oxygen atoms in total. The summed E-state index contributed by atoms with van der Waals surface area (Å²) in [7, 11) is 0. The van der Waals surface area contributed by atoms with Crippen LogP contribution in [-0.4, -0.2) is 23.6 Å². The van der Waals surface area contributed by atoms with Crippen molar-refractivity contribution in [3.8, 4) is 0 Å². The van der Waals surface area contributed by atoms with Crippen molar-refractivity contribution in [3.63, 3.8) is 0 Å². The molecule has 1 atom stereocenters. The Morgan fingerprint density at radius 1 is 1.83 bits per heavy atom. The second kappa shape index (κ2) is 3.40. The maximum atomic E-state index is 8.41. The van der Waals surface area contributed by atoms with Gasteiger partial charge in [0.2, 0.25) is 0 Å². The molecule has 0 aromatic carbocycles. The second-order valence-electron chi connectivity index (χ2n) is 1.04. The van der Waals surface area contributed by atoms with Crippen LogP contribution in [0.1, 0.15) is 0 Å². The van der Waals surface area contributed by atoms with Crippen LogP contribution in [0.5, 0.6) is 0 Å². The van der Waals surface area contributed by atoms with Crippen LogP contribution in [0.15, 0.2) is 0 Å². The summed E-state index contributed by atoms with van der Waals surface area (Å²) >= 11 is 5.12. The number of halogens is 1. The fourth-order valence-corrected chi connectivity index (χ4v) is 0.189. The van der Waals surface area contributed by atoms with Gasteiger partial charge in [-0.15, -0.1) is 11.6 Å². The van der Waals surface area contributed by atoms with E-state index in [2.05, 4.69) is 0 Å². The third-order valence-corrected chi connectivity index (χ3v) is 0.806. The Kier molecular flexibility index (Phi) is 3.52. The summed E-state index contributed by atoms with van der Waals surface area (Å²) in [5, 5.41) is 8.41. The summed E-state index contributed by atoms with van der Waals surface area (Å²) in [5.41, 5.74) is 4.95. The lowest BCUT2D eigenvalue weighted by Gasteiger charge is -1.96. The highest BCUT2D eigenvalue weighted by molar-refractivity contribution is 6.18. The molecule has 0 spiro atoms. The Morgan fingerprint density at radius 2 is 2.33 bits per heavy atom. The molecule has 0 aromatic heterocycles. The van der Waals surface area contributed by atoms with Crippen LogP contribution >= 0.6 is 11.6 Å². The summed E-state index contributed by atoms with van der Waals surface area (Å²) in [4.78, 5) is 0. The van der Waals surface area contributed by atoms with Crippen LogP contribution in [0.2, 0.25) is 0 Å². The summed E-state index contributed by atoms with van der Waals surface area (Å²) in [6, 6.07) is 0. The molecule has 0 aliphatic rings. The van der Waals surface area contributed by atoms with Crippen molar-refractivity contribution < 1.29 is 5.11 Å². The second-order valence-corrected chi connectivity index (χ2v) is 1.35. The van der Waals surface area contributed by atoms with Gasteiger partial charge in [-0.2, -0.15) is 0 Å². The Bertz CT molecular complexity index is 30.0. The number of alkyl halides is 1. The number of hydrogen-bond acceptors (Lipinski definition) is 2. The van der Waals surface area contributed by atoms with E-state index in [0.717, 1.165) is 0 Å². The van der Waals surface area contributed by atoms with Crippen molar-refractivity contribution in [1.82, 2.24) is 0 Å². The van der Waals surface area contributed by atoms with E-state index >= 15 is 0 Å². The first kappa shape index (κ1) is 6.21. The predicted octanol–water partition coefficient (Wildman–Crippen LogP) is -0.455. The molecular formula is C3H8ClNO. The van der Waals surface area contributed by atoms with Crippen LogP contribution < -0.4 is 5.73 Å². The Labute approximate surface area is 41.9 Å². The molecule has 0 heterocycles. The predicted molar refractivity (Wildman–Crippen MR) is 25.8 cm³/mol. The molecule has 0 unspecified atom stereocenters. The van der Waals surface area contributed by atoms with Crippen molar-refractivity contribution >= 4 is 11.6 Å². The zero-order valence-electron chi connectivity index (χ0n) is 3.39. The summed E-state index contributed by atoms with van der Waals surface area (Å²) in [6.07, 6.45) is -0.522. The molecule has 38 valence electrons. The van der Waals surface area contributed by atoms with Gasteiger partial charge in [-0.1, -0.05) is 0 Å². The van der Waals surface area contributed by atoms with E-state index in [1.54, 1.807) is 0 Å². The van der Waals surface area contributed by atoms with Crippen LogP contribution in [0.3, 0.4) is 0 Å². The number of rotatable bonds is 2. The van der Waals surface area contributed by atoms with Gasteiger partial charge in [0.25, 0.3) is 0 Å². The molecule has 0 aliphatic carbocycles. The minimum absolute atomic E-state index is 0.233. The highest BCUT2D eigenvalue weighted by atomic mass is 35.5. The van der Waals surface area contributed by atoms with Crippen LogP contribution in [0.4, 0.5) is 0 Å². The summed E-state index contributed by atoms with van der Waals surface area (Å²) in [5.74, 6) is 0.233. The lowest BCUT2D eigenvalue weighted by molar-refractivity contribution is 0.206. The highest BCUT2D eigenvalue weighted by Crippen LogP contribution is 1.80. The van der Waals surface area contributed by atoms with Gasteiger partial charge in [0.05, 0.1) is 6.10 Å². The number of nitrogens with two attached hydrogens (primary N) is 1. The van der Waals surface area contributed by atoms with E-state index in [9.17, 15) is 0 Å². The average Bonchev–Trinajstić information content (AvgIpc) is 1.65. The quantitative estimate of drug-likeness (QED) is 0.472. The molecule has 3 heteroatoms. The minimum Gasteiger partial charge on any atom is -0.391 e. The van der Waals surface area contributed by atoms with E-state index in [4.69, 9.17) is 22.4 Å². The van der Waals surface area contributed by atoms with Crippen molar-refractivity contribution in [3.05, 3.63) is 0 Å². The minimum atomic E-state index is -0.522. The molecule has 0 aliphatic heterocycles. The molecular weight excluding hydrogens is 101 g/mol. The molecule has 0 aromatic rings. The fraction of sp³-hybridized carbons (Fsp3) is 1.00. The van der Waals surface area contributed by atoms with Crippen molar-refractivity contribution in [2.75, 3.05) is 12.4 Å². The summed E-state index contributed by atoms with van der Waals surface area (Å²) < 4.78 is 0. The van der Waals surface area contributed by atoms with Crippen molar-refractivity contribution in [2.24, 2.45) is 5.73 Å². The number of aliphatic hydroxyl groups is 1. The first-order chi connectivity index (χ1) is 2.81. The molecule has 0 bridgehead atoms. The van der Waals surface area contributed by atoms with Gasteiger partial charge in [-0.25, -0.2) is 0 Å². The maximum absolute atomic E-state index is 8.41. The van der Waals surface area contributed by atoms with Crippen LogP contribution in [-0.2, 0) is 0 Å². The topological polar surface area (TPSA) is 46.2 Å². The van der Waals surface area contributed by atoms with Crippen molar-refractivity contribution in [2.45, 2.75) is 6.10 Å². The maximum Gasteiger partial charge on any atom is 0.0797 e. The van der Waals surface area contributed by atoms with Crippen LogP contribution in [0.25, 0.3) is 0 Å². The Morgan fingerprint density at radius 3 is 2.33 bits per heavy atom. The zero-order valence-corrected chi connectivity index (χ0v) is 4.15. The van der Waals surface area contributed by atoms with Crippen LogP contribution in [0, 0.1) is 0 Å². The first-order valence-electron chi connectivity index (χ1n) is 1.75. The molecule has 6 heavy (non-hydrogen) atoms. The van der Waals surface area contributed by atoms with Gasteiger partial charge < -0.3 is 10.8 Å². The third kappa shape index (κ3) is 2.45.